The number of ether oxygens (including phenoxy) is 1. The number of rotatable bonds is 2. The third-order valence-electron chi connectivity index (χ3n) is 2.14. The van der Waals surface area contributed by atoms with Crippen molar-refractivity contribution in [1.82, 2.24) is 0 Å². The fourth-order valence-corrected chi connectivity index (χ4v) is 2.64. The molecule has 2 nitrogen and oxygen atoms in total. The van der Waals surface area contributed by atoms with Crippen molar-refractivity contribution in [3.8, 4) is 11.5 Å². The van der Waals surface area contributed by atoms with Crippen molar-refractivity contribution >= 4 is 33.0 Å². The predicted octanol–water partition coefficient (Wildman–Crippen LogP) is 3.35. The summed E-state index contributed by atoms with van der Waals surface area (Å²) in [7, 11) is 1.59. The number of hydrogen-bond acceptors (Lipinski definition) is 3. The molecule has 0 aliphatic heterocycles. The lowest BCUT2D eigenvalue weighted by atomic mass is 10.1. The first-order valence-electron chi connectivity index (χ1n) is 4.10. The minimum absolute atomic E-state index is 0.197. The van der Waals surface area contributed by atoms with Gasteiger partial charge in [-0.05, 0) is 11.4 Å². The molecule has 2 aromatic rings. The highest BCUT2D eigenvalue weighted by Gasteiger charge is 2.11. The van der Waals surface area contributed by atoms with Gasteiger partial charge in [-0.15, -0.1) is 22.9 Å². The number of aromatic hydroxyl groups is 1. The zero-order valence-corrected chi connectivity index (χ0v) is 9.15. The molecule has 1 aromatic carbocycles. The molecule has 14 heavy (non-hydrogen) atoms. The Hall–Kier alpha value is -0.930. The van der Waals surface area contributed by atoms with Gasteiger partial charge in [-0.2, -0.15) is 0 Å². The van der Waals surface area contributed by atoms with Crippen LogP contribution in [0.3, 0.4) is 0 Å². The highest BCUT2D eigenvalue weighted by Crippen LogP contribution is 2.38. The SMILES string of the molecule is COc1cc(O)c(CCl)c2ccsc12. The first-order valence-corrected chi connectivity index (χ1v) is 5.51. The number of fused-ring (bicyclic) bond motifs is 1. The van der Waals surface area contributed by atoms with Gasteiger partial charge in [-0.25, -0.2) is 0 Å². The molecular weight excluding hydrogens is 220 g/mol. The molecule has 4 heteroatoms. The van der Waals surface area contributed by atoms with Crippen LogP contribution in [0, 0.1) is 0 Å². The number of halogens is 1. The highest BCUT2D eigenvalue weighted by molar-refractivity contribution is 7.17. The van der Waals surface area contributed by atoms with E-state index in [9.17, 15) is 5.11 Å². The van der Waals surface area contributed by atoms with E-state index in [-0.39, 0.29) is 5.75 Å². The van der Waals surface area contributed by atoms with E-state index in [1.54, 1.807) is 24.5 Å². The number of thiophene rings is 1. The summed E-state index contributed by atoms with van der Waals surface area (Å²) in [6.07, 6.45) is 0. The Morgan fingerprint density at radius 1 is 1.57 bits per heavy atom. The molecule has 0 unspecified atom stereocenters. The van der Waals surface area contributed by atoms with E-state index in [1.807, 2.05) is 11.4 Å². The molecule has 0 fully saturated rings. The van der Waals surface area contributed by atoms with Crippen molar-refractivity contribution in [3.63, 3.8) is 0 Å². The molecule has 1 N–H and O–H groups in total. The monoisotopic (exact) mass is 228 g/mol. The van der Waals surface area contributed by atoms with Crippen molar-refractivity contribution in [3.05, 3.63) is 23.1 Å². The summed E-state index contributed by atoms with van der Waals surface area (Å²) in [4.78, 5) is 0. The van der Waals surface area contributed by atoms with Crippen molar-refractivity contribution in [2.45, 2.75) is 5.88 Å². The van der Waals surface area contributed by atoms with E-state index in [4.69, 9.17) is 16.3 Å². The standard InChI is InChI=1S/C10H9ClO2S/c1-13-9-4-8(12)7(5-11)6-2-3-14-10(6)9/h2-4,12H,5H2,1H3. The van der Waals surface area contributed by atoms with E-state index in [2.05, 4.69) is 0 Å². The lowest BCUT2D eigenvalue weighted by Gasteiger charge is -2.07. The van der Waals surface area contributed by atoms with Crippen LogP contribution in [0.25, 0.3) is 10.1 Å². The molecule has 0 bridgehead atoms. The predicted molar refractivity (Wildman–Crippen MR) is 59.6 cm³/mol. The van der Waals surface area contributed by atoms with Crippen molar-refractivity contribution in [1.29, 1.82) is 0 Å². The molecule has 0 amide bonds. The maximum atomic E-state index is 9.68. The van der Waals surface area contributed by atoms with Gasteiger partial charge in [0.15, 0.2) is 0 Å². The second-order valence-corrected chi connectivity index (χ2v) is 4.06. The van der Waals surface area contributed by atoms with Crippen LogP contribution in [0.5, 0.6) is 11.5 Å². The van der Waals surface area contributed by atoms with E-state index in [1.165, 1.54) is 0 Å². The van der Waals surface area contributed by atoms with E-state index >= 15 is 0 Å². The van der Waals surface area contributed by atoms with E-state index in [0.717, 1.165) is 15.6 Å². The van der Waals surface area contributed by atoms with Crippen LogP contribution in [0.2, 0.25) is 0 Å². The molecular formula is C10H9ClO2S. The number of phenols is 1. The maximum Gasteiger partial charge on any atom is 0.140 e. The Labute approximate surface area is 90.7 Å². The zero-order valence-electron chi connectivity index (χ0n) is 7.58. The maximum absolute atomic E-state index is 9.68. The molecule has 1 heterocycles. The number of benzene rings is 1. The lowest BCUT2D eigenvalue weighted by molar-refractivity contribution is 0.412. The quantitative estimate of drug-likeness (QED) is 0.799. The molecule has 0 saturated carbocycles. The third kappa shape index (κ3) is 1.33. The second-order valence-electron chi connectivity index (χ2n) is 2.87. The summed E-state index contributed by atoms with van der Waals surface area (Å²) < 4.78 is 6.20. The summed E-state index contributed by atoms with van der Waals surface area (Å²) >= 11 is 7.35. The molecule has 0 radical (unpaired) electrons. The van der Waals surface area contributed by atoms with E-state index in [0.29, 0.717) is 11.6 Å². The summed E-state index contributed by atoms with van der Waals surface area (Å²) in [6, 6.07) is 3.55. The van der Waals surface area contributed by atoms with Crippen LogP contribution in [-0.2, 0) is 5.88 Å². The van der Waals surface area contributed by atoms with Crippen LogP contribution in [0.15, 0.2) is 17.5 Å². The van der Waals surface area contributed by atoms with Gasteiger partial charge in [0, 0.05) is 17.0 Å². The fraction of sp³-hybridized carbons (Fsp3) is 0.200. The van der Waals surface area contributed by atoms with Gasteiger partial charge >= 0.3 is 0 Å². The average molecular weight is 229 g/mol. The summed E-state index contributed by atoms with van der Waals surface area (Å²) in [5.41, 5.74) is 0.767. The smallest absolute Gasteiger partial charge is 0.140 e. The van der Waals surface area contributed by atoms with Gasteiger partial charge in [-0.1, -0.05) is 0 Å². The molecule has 0 aliphatic carbocycles. The Balaban J connectivity index is 2.81. The van der Waals surface area contributed by atoms with E-state index < -0.39 is 0 Å². The Morgan fingerprint density at radius 2 is 2.36 bits per heavy atom. The molecule has 74 valence electrons. The zero-order chi connectivity index (χ0) is 10.1. The van der Waals surface area contributed by atoms with Crippen LogP contribution in [0.4, 0.5) is 0 Å². The molecule has 0 atom stereocenters. The van der Waals surface area contributed by atoms with Crippen molar-refractivity contribution in [2.75, 3.05) is 7.11 Å². The largest absolute Gasteiger partial charge is 0.507 e. The number of alkyl halides is 1. The highest BCUT2D eigenvalue weighted by atomic mass is 35.5. The number of methoxy groups -OCH3 is 1. The van der Waals surface area contributed by atoms with Gasteiger partial charge < -0.3 is 9.84 Å². The Kier molecular flexibility index (Phi) is 2.52. The first kappa shape index (κ1) is 9.62. The minimum Gasteiger partial charge on any atom is -0.507 e. The molecule has 0 aliphatic rings. The van der Waals surface area contributed by atoms with Gasteiger partial charge in [0.05, 0.1) is 17.7 Å². The van der Waals surface area contributed by atoms with Gasteiger partial charge in [0.25, 0.3) is 0 Å². The topological polar surface area (TPSA) is 29.5 Å². The van der Waals surface area contributed by atoms with Crippen molar-refractivity contribution < 1.29 is 9.84 Å². The lowest BCUT2D eigenvalue weighted by Crippen LogP contribution is -1.86. The average Bonchev–Trinajstić information content (AvgIpc) is 2.65. The summed E-state index contributed by atoms with van der Waals surface area (Å²) in [6.45, 7) is 0. The molecule has 0 spiro atoms. The Bertz CT molecular complexity index is 464. The van der Waals surface area contributed by atoms with Crippen LogP contribution in [-0.4, -0.2) is 12.2 Å². The number of hydrogen-bond donors (Lipinski definition) is 1. The summed E-state index contributed by atoms with van der Waals surface area (Å²) in [5, 5.41) is 12.6. The normalized spacial score (nSPS) is 10.7. The Morgan fingerprint density at radius 3 is 3.00 bits per heavy atom. The molecule has 2 rings (SSSR count). The van der Waals surface area contributed by atoms with Crippen LogP contribution >= 0.6 is 22.9 Å². The first-order chi connectivity index (χ1) is 6.77. The molecule has 0 saturated heterocycles. The van der Waals surface area contributed by atoms with Gasteiger partial charge in [0.2, 0.25) is 0 Å². The third-order valence-corrected chi connectivity index (χ3v) is 3.34. The fourth-order valence-electron chi connectivity index (χ4n) is 1.44. The van der Waals surface area contributed by atoms with Crippen molar-refractivity contribution in [2.24, 2.45) is 0 Å². The molecule has 1 aromatic heterocycles. The summed E-state index contributed by atoms with van der Waals surface area (Å²) in [5.74, 6) is 1.20. The number of phenolic OH excluding ortho intramolecular Hbond substituents is 1. The van der Waals surface area contributed by atoms with Crippen LogP contribution < -0.4 is 4.74 Å². The minimum atomic E-state index is 0.197. The van der Waals surface area contributed by atoms with Gasteiger partial charge in [0.1, 0.15) is 11.5 Å². The second kappa shape index (κ2) is 3.67. The van der Waals surface area contributed by atoms with Crippen LogP contribution in [0.1, 0.15) is 5.56 Å². The van der Waals surface area contributed by atoms with Gasteiger partial charge in [-0.3, -0.25) is 0 Å².